The highest BCUT2D eigenvalue weighted by molar-refractivity contribution is 5.91. The molecule has 0 spiro atoms. The van der Waals surface area contributed by atoms with E-state index < -0.39 is 0 Å². The fraction of sp³-hybridized carbons (Fsp3) is 0.318. The van der Waals surface area contributed by atoms with Gasteiger partial charge < -0.3 is 10.1 Å². The van der Waals surface area contributed by atoms with Crippen LogP contribution < -0.4 is 10.1 Å². The van der Waals surface area contributed by atoms with Crippen molar-refractivity contribution in [3.8, 4) is 5.75 Å². The highest BCUT2D eigenvalue weighted by Gasteiger charge is 2.21. The van der Waals surface area contributed by atoms with Crippen molar-refractivity contribution < 1.29 is 9.53 Å². The zero-order valence-electron chi connectivity index (χ0n) is 15.3. The molecule has 25 heavy (non-hydrogen) atoms. The van der Waals surface area contributed by atoms with E-state index in [0.717, 1.165) is 23.3 Å². The predicted molar refractivity (Wildman–Crippen MR) is 104 cm³/mol. The van der Waals surface area contributed by atoms with Crippen LogP contribution in [0.1, 0.15) is 38.3 Å². The second kappa shape index (κ2) is 9.07. The van der Waals surface area contributed by atoms with E-state index in [0.29, 0.717) is 13.2 Å². The molecule has 3 heteroatoms. The Morgan fingerprint density at radius 2 is 1.88 bits per heavy atom. The average Bonchev–Trinajstić information content (AvgIpc) is 2.64. The van der Waals surface area contributed by atoms with E-state index in [2.05, 4.69) is 38.2 Å². The largest absolute Gasteiger partial charge is 0.494 e. The minimum atomic E-state index is -0.179. The maximum absolute atomic E-state index is 12.1. The van der Waals surface area contributed by atoms with Crippen molar-refractivity contribution in [1.82, 2.24) is 5.32 Å². The Morgan fingerprint density at radius 1 is 1.12 bits per heavy atom. The Hall–Kier alpha value is -2.55. The third kappa shape index (κ3) is 6.11. The van der Waals surface area contributed by atoms with E-state index in [1.54, 1.807) is 6.08 Å². The topological polar surface area (TPSA) is 38.3 Å². The highest BCUT2D eigenvalue weighted by Crippen LogP contribution is 2.26. The van der Waals surface area contributed by atoms with Crippen LogP contribution in [-0.4, -0.2) is 19.1 Å². The average molecular weight is 337 g/mol. The Morgan fingerprint density at radius 3 is 2.60 bits per heavy atom. The molecule has 1 N–H and O–H groups in total. The van der Waals surface area contributed by atoms with Gasteiger partial charge in [-0.2, -0.15) is 0 Å². The molecule has 0 saturated carbocycles. The molecule has 0 heterocycles. The Kier molecular flexibility index (Phi) is 6.81. The maximum Gasteiger partial charge on any atom is 0.244 e. The molecule has 3 nitrogen and oxygen atoms in total. The molecule has 0 bridgehead atoms. The first-order chi connectivity index (χ1) is 12.0. The molecule has 132 valence electrons. The van der Waals surface area contributed by atoms with Crippen molar-refractivity contribution in [3.05, 3.63) is 71.8 Å². The summed E-state index contributed by atoms with van der Waals surface area (Å²) >= 11 is 0. The van der Waals surface area contributed by atoms with Gasteiger partial charge in [-0.1, -0.05) is 63.2 Å². The quantitative estimate of drug-likeness (QED) is 0.716. The number of ether oxygens (including phenoxy) is 1. The third-order valence-electron chi connectivity index (χ3n) is 4.02. The summed E-state index contributed by atoms with van der Waals surface area (Å²) in [6, 6.07) is 17.9. The molecular formula is C22H27NO2. The van der Waals surface area contributed by atoms with Gasteiger partial charge in [0.05, 0.1) is 6.61 Å². The van der Waals surface area contributed by atoms with Gasteiger partial charge in [0.25, 0.3) is 0 Å². The number of hydrogen-bond acceptors (Lipinski definition) is 2. The van der Waals surface area contributed by atoms with Crippen molar-refractivity contribution in [2.45, 2.75) is 32.6 Å². The van der Waals surface area contributed by atoms with Crippen LogP contribution in [0.3, 0.4) is 0 Å². The molecule has 2 aromatic carbocycles. The molecule has 2 aromatic rings. The smallest absolute Gasteiger partial charge is 0.244 e. The number of hydrogen-bond donors (Lipinski definition) is 1. The van der Waals surface area contributed by atoms with E-state index in [1.807, 2.05) is 48.5 Å². The third-order valence-corrected chi connectivity index (χ3v) is 4.02. The summed E-state index contributed by atoms with van der Waals surface area (Å²) in [4.78, 5) is 12.1. The van der Waals surface area contributed by atoms with Gasteiger partial charge in [-0.15, -0.1) is 0 Å². The number of benzene rings is 2. The molecule has 0 aliphatic carbocycles. The van der Waals surface area contributed by atoms with Gasteiger partial charge in [-0.05, 0) is 35.8 Å². The lowest BCUT2D eigenvalue weighted by molar-refractivity contribution is -0.116. The zero-order valence-corrected chi connectivity index (χ0v) is 15.3. The number of nitrogens with one attached hydrogen (secondary N) is 1. The van der Waals surface area contributed by atoms with Crippen LogP contribution in [0, 0.1) is 0 Å². The van der Waals surface area contributed by atoms with Crippen LogP contribution in [0.4, 0.5) is 0 Å². The summed E-state index contributed by atoms with van der Waals surface area (Å²) in [6.07, 6.45) is 4.38. The van der Waals surface area contributed by atoms with E-state index in [-0.39, 0.29) is 11.3 Å². The van der Waals surface area contributed by atoms with E-state index in [4.69, 9.17) is 4.74 Å². The molecule has 0 aliphatic rings. The van der Waals surface area contributed by atoms with Crippen molar-refractivity contribution in [1.29, 1.82) is 0 Å². The predicted octanol–water partition coefficient (Wildman–Crippen LogP) is 4.58. The molecule has 0 aliphatic heterocycles. The van der Waals surface area contributed by atoms with Gasteiger partial charge >= 0.3 is 0 Å². The van der Waals surface area contributed by atoms with Gasteiger partial charge in [0.2, 0.25) is 5.91 Å². The van der Waals surface area contributed by atoms with E-state index in [9.17, 15) is 4.79 Å². The SMILES string of the molecule is CCCOc1cccc(C(C)(C)CNC(=O)C=Cc2ccccc2)c1. The van der Waals surface area contributed by atoms with Crippen molar-refractivity contribution in [2.75, 3.05) is 13.2 Å². The molecule has 0 saturated heterocycles. The lowest BCUT2D eigenvalue weighted by Crippen LogP contribution is -2.35. The van der Waals surface area contributed by atoms with Crippen molar-refractivity contribution in [2.24, 2.45) is 0 Å². The Balaban J connectivity index is 1.94. The minimum absolute atomic E-state index is 0.0877. The van der Waals surface area contributed by atoms with Gasteiger partial charge in [0.1, 0.15) is 5.75 Å². The molecule has 1 amide bonds. The summed E-state index contributed by atoms with van der Waals surface area (Å²) in [5, 5.41) is 2.99. The molecule has 0 radical (unpaired) electrons. The normalized spacial score (nSPS) is 11.5. The summed E-state index contributed by atoms with van der Waals surface area (Å²) in [5.74, 6) is 0.790. The number of rotatable bonds is 8. The fourth-order valence-electron chi connectivity index (χ4n) is 2.43. The maximum atomic E-state index is 12.1. The molecule has 0 aromatic heterocycles. The van der Waals surface area contributed by atoms with Gasteiger partial charge in [-0.3, -0.25) is 4.79 Å². The summed E-state index contributed by atoms with van der Waals surface area (Å²) in [5.41, 5.74) is 1.98. The molecule has 0 fully saturated rings. The molecule has 0 atom stereocenters. The Bertz CT molecular complexity index is 705. The van der Waals surface area contributed by atoms with E-state index >= 15 is 0 Å². The number of amides is 1. The summed E-state index contributed by atoms with van der Waals surface area (Å²) in [6.45, 7) is 7.60. The first-order valence-corrected chi connectivity index (χ1v) is 8.75. The van der Waals surface area contributed by atoms with Gasteiger partial charge in [0.15, 0.2) is 0 Å². The van der Waals surface area contributed by atoms with Crippen LogP contribution in [-0.2, 0) is 10.2 Å². The van der Waals surface area contributed by atoms with Gasteiger partial charge in [0, 0.05) is 18.0 Å². The standard InChI is InChI=1S/C22H27NO2/c1-4-15-25-20-12-8-11-19(16-20)22(2,3)17-23-21(24)14-13-18-9-6-5-7-10-18/h5-14,16H,4,15,17H2,1-3H3,(H,23,24). The van der Waals surface area contributed by atoms with Crippen LogP contribution in [0.5, 0.6) is 5.75 Å². The van der Waals surface area contributed by atoms with Crippen LogP contribution in [0.25, 0.3) is 6.08 Å². The zero-order chi connectivity index (χ0) is 18.1. The van der Waals surface area contributed by atoms with E-state index in [1.165, 1.54) is 0 Å². The highest BCUT2D eigenvalue weighted by atomic mass is 16.5. The van der Waals surface area contributed by atoms with Gasteiger partial charge in [-0.25, -0.2) is 0 Å². The van der Waals surface area contributed by atoms with Crippen molar-refractivity contribution >= 4 is 12.0 Å². The first kappa shape index (κ1) is 18.8. The van der Waals surface area contributed by atoms with Crippen LogP contribution in [0.15, 0.2) is 60.7 Å². The first-order valence-electron chi connectivity index (χ1n) is 8.75. The fourth-order valence-corrected chi connectivity index (χ4v) is 2.43. The summed E-state index contributed by atoms with van der Waals surface area (Å²) < 4.78 is 5.71. The van der Waals surface area contributed by atoms with Crippen LogP contribution in [0.2, 0.25) is 0 Å². The van der Waals surface area contributed by atoms with Crippen LogP contribution >= 0.6 is 0 Å². The minimum Gasteiger partial charge on any atom is -0.494 e. The summed E-state index contributed by atoms with van der Waals surface area (Å²) in [7, 11) is 0. The molecular weight excluding hydrogens is 310 g/mol. The lowest BCUT2D eigenvalue weighted by Gasteiger charge is -2.26. The van der Waals surface area contributed by atoms with Crippen molar-refractivity contribution in [3.63, 3.8) is 0 Å². The lowest BCUT2D eigenvalue weighted by atomic mass is 9.84. The number of carbonyl (C=O) groups is 1. The second-order valence-electron chi connectivity index (χ2n) is 6.72. The molecule has 0 unspecified atom stereocenters. The molecule has 2 rings (SSSR count). The Labute approximate surface area is 150 Å². The monoisotopic (exact) mass is 337 g/mol. The second-order valence-corrected chi connectivity index (χ2v) is 6.72. The number of carbonyl (C=O) groups excluding carboxylic acids is 1.